The van der Waals surface area contributed by atoms with Crippen LogP contribution in [0.4, 0.5) is 19.0 Å². The number of carboxylic acids is 1. The number of imidazole rings is 1. The molecule has 0 saturated carbocycles. The van der Waals surface area contributed by atoms with E-state index in [9.17, 15) is 22.8 Å². The maximum absolute atomic E-state index is 12.2. The third kappa shape index (κ3) is 3.47. The normalized spacial score (nSPS) is 11.3. The summed E-state index contributed by atoms with van der Waals surface area (Å²) in [6, 6.07) is 0. The summed E-state index contributed by atoms with van der Waals surface area (Å²) in [5, 5.41) is 10.7. The van der Waals surface area contributed by atoms with Gasteiger partial charge in [-0.3, -0.25) is 4.79 Å². The molecule has 0 aliphatic carbocycles. The number of rotatable bonds is 3. The van der Waals surface area contributed by atoms with E-state index in [4.69, 9.17) is 5.11 Å². The van der Waals surface area contributed by atoms with Crippen LogP contribution in [0.5, 0.6) is 0 Å². The number of carboxylic acid groups (broad SMARTS) is 1. The molecule has 0 unspecified atom stereocenters. The van der Waals surface area contributed by atoms with Crippen LogP contribution >= 0.6 is 0 Å². The van der Waals surface area contributed by atoms with Gasteiger partial charge in [-0.2, -0.15) is 13.2 Å². The van der Waals surface area contributed by atoms with Gasteiger partial charge in [0.05, 0.1) is 6.33 Å². The number of aromatic carboxylic acids is 1. The van der Waals surface area contributed by atoms with Crippen molar-refractivity contribution < 1.29 is 27.9 Å². The molecule has 2 N–H and O–H groups in total. The molecular formula is C8H8F3N3O3. The van der Waals surface area contributed by atoms with Crippen LogP contribution in [-0.4, -0.2) is 32.7 Å². The average Bonchev–Trinajstić information content (AvgIpc) is 2.45. The van der Waals surface area contributed by atoms with Gasteiger partial charge < -0.3 is 15.0 Å². The first-order valence-electron chi connectivity index (χ1n) is 4.33. The second kappa shape index (κ2) is 4.44. The number of carbonyl (C=O) groups is 2. The van der Waals surface area contributed by atoms with E-state index in [0.717, 1.165) is 6.92 Å². The monoisotopic (exact) mass is 251 g/mol. The number of anilines is 1. The Labute approximate surface area is 93.1 Å². The minimum Gasteiger partial charge on any atom is -0.476 e. The van der Waals surface area contributed by atoms with Crippen LogP contribution in [0.1, 0.15) is 17.4 Å². The van der Waals surface area contributed by atoms with E-state index in [0.29, 0.717) is 10.9 Å². The highest BCUT2D eigenvalue weighted by molar-refractivity contribution is 5.97. The molecule has 0 fully saturated rings. The maximum Gasteiger partial charge on any atom is 0.406 e. The SMILES string of the molecule is CC(=O)Nc1c(C(=O)O)ncn1CC(F)(F)F. The van der Waals surface area contributed by atoms with Crippen LogP contribution in [0.25, 0.3) is 0 Å². The molecular weight excluding hydrogens is 243 g/mol. The first-order chi connectivity index (χ1) is 7.70. The number of amides is 1. The topological polar surface area (TPSA) is 84.2 Å². The van der Waals surface area contributed by atoms with Gasteiger partial charge in [0, 0.05) is 6.92 Å². The largest absolute Gasteiger partial charge is 0.476 e. The third-order valence-corrected chi connectivity index (χ3v) is 1.68. The van der Waals surface area contributed by atoms with E-state index in [1.807, 2.05) is 5.32 Å². The van der Waals surface area contributed by atoms with Gasteiger partial charge in [-0.15, -0.1) is 0 Å². The van der Waals surface area contributed by atoms with Crippen LogP contribution < -0.4 is 5.32 Å². The van der Waals surface area contributed by atoms with Crippen molar-refractivity contribution in [3.63, 3.8) is 0 Å². The second-order valence-electron chi connectivity index (χ2n) is 3.17. The van der Waals surface area contributed by atoms with E-state index in [1.165, 1.54) is 0 Å². The molecule has 1 heterocycles. The lowest BCUT2D eigenvalue weighted by Gasteiger charge is -2.11. The van der Waals surface area contributed by atoms with Crippen LogP contribution in [0.3, 0.4) is 0 Å². The van der Waals surface area contributed by atoms with Gasteiger partial charge in [0.1, 0.15) is 12.4 Å². The van der Waals surface area contributed by atoms with Crippen molar-refractivity contribution in [2.75, 3.05) is 5.32 Å². The first kappa shape index (κ1) is 13.0. The molecule has 0 spiro atoms. The minimum absolute atomic E-state index is 0.484. The Hall–Kier alpha value is -2.06. The molecule has 1 rings (SSSR count). The Morgan fingerprint density at radius 3 is 2.53 bits per heavy atom. The quantitative estimate of drug-likeness (QED) is 0.842. The van der Waals surface area contributed by atoms with Gasteiger partial charge in [-0.25, -0.2) is 9.78 Å². The fourth-order valence-corrected chi connectivity index (χ4v) is 1.15. The zero-order valence-corrected chi connectivity index (χ0v) is 8.58. The summed E-state index contributed by atoms with van der Waals surface area (Å²) in [5.74, 6) is -2.69. The molecule has 0 radical (unpaired) electrons. The van der Waals surface area contributed by atoms with Gasteiger partial charge in [0.25, 0.3) is 0 Å². The molecule has 1 aromatic rings. The average molecular weight is 251 g/mol. The molecule has 0 aliphatic rings. The number of hydrogen-bond donors (Lipinski definition) is 2. The molecule has 0 aliphatic heterocycles. The Bertz CT molecular complexity index is 453. The molecule has 0 saturated heterocycles. The van der Waals surface area contributed by atoms with Crippen LogP contribution in [0.15, 0.2) is 6.33 Å². The summed E-state index contributed by atoms with van der Waals surface area (Å²) in [4.78, 5) is 24.8. The van der Waals surface area contributed by atoms with Crippen LogP contribution in [0.2, 0.25) is 0 Å². The minimum atomic E-state index is -4.54. The number of alkyl halides is 3. The van der Waals surface area contributed by atoms with Gasteiger partial charge in [0.15, 0.2) is 5.69 Å². The molecule has 1 amide bonds. The zero-order chi connectivity index (χ0) is 13.2. The highest BCUT2D eigenvalue weighted by Crippen LogP contribution is 2.22. The lowest BCUT2D eigenvalue weighted by Crippen LogP contribution is -2.21. The summed E-state index contributed by atoms with van der Waals surface area (Å²) < 4.78 is 37.0. The van der Waals surface area contributed by atoms with Crippen molar-refractivity contribution in [3.8, 4) is 0 Å². The number of hydrogen-bond acceptors (Lipinski definition) is 3. The summed E-state index contributed by atoms with van der Waals surface area (Å²) >= 11 is 0. The van der Waals surface area contributed by atoms with E-state index in [2.05, 4.69) is 4.98 Å². The summed E-state index contributed by atoms with van der Waals surface area (Å²) in [6.45, 7) is -0.376. The molecule has 0 bridgehead atoms. The van der Waals surface area contributed by atoms with Gasteiger partial charge in [0.2, 0.25) is 5.91 Å². The number of nitrogens with zero attached hydrogens (tertiary/aromatic N) is 2. The van der Waals surface area contributed by atoms with Crippen molar-refractivity contribution in [2.45, 2.75) is 19.6 Å². The lowest BCUT2D eigenvalue weighted by atomic mass is 10.4. The summed E-state index contributed by atoms with van der Waals surface area (Å²) in [5.41, 5.74) is -0.635. The molecule has 9 heteroatoms. The Balaban J connectivity index is 3.13. The number of nitrogens with one attached hydrogen (secondary N) is 1. The van der Waals surface area contributed by atoms with E-state index < -0.39 is 36.1 Å². The Morgan fingerprint density at radius 2 is 2.12 bits per heavy atom. The first-order valence-corrected chi connectivity index (χ1v) is 4.33. The Morgan fingerprint density at radius 1 is 1.53 bits per heavy atom. The van der Waals surface area contributed by atoms with Gasteiger partial charge in [-0.05, 0) is 0 Å². The van der Waals surface area contributed by atoms with Crippen molar-refractivity contribution in [2.24, 2.45) is 0 Å². The van der Waals surface area contributed by atoms with E-state index >= 15 is 0 Å². The smallest absolute Gasteiger partial charge is 0.406 e. The molecule has 0 atom stereocenters. The van der Waals surface area contributed by atoms with E-state index in [-0.39, 0.29) is 0 Å². The van der Waals surface area contributed by atoms with Crippen molar-refractivity contribution in [1.29, 1.82) is 0 Å². The van der Waals surface area contributed by atoms with Gasteiger partial charge >= 0.3 is 12.1 Å². The second-order valence-corrected chi connectivity index (χ2v) is 3.17. The highest BCUT2D eigenvalue weighted by atomic mass is 19.4. The third-order valence-electron chi connectivity index (χ3n) is 1.68. The van der Waals surface area contributed by atoms with Crippen molar-refractivity contribution in [1.82, 2.24) is 9.55 Å². The molecule has 6 nitrogen and oxygen atoms in total. The van der Waals surface area contributed by atoms with Gasteiger partial charge in [-0.1, -0.05) is 0 Å². The van der Waals surface area contributed by atoms with Crippen molar-refractivity contribution >= 4 is 17.7 Å². The van der Waals surface area contributed by atoms with Crippen molar-refractivity contribution in [3.05, 3.63) is 12.0 Å². The molecule has 94 valence electrons. The standard InChI is InChI=1S/C8H8F3N3O3/c1-4(15)13-6-5(7(16)17)12-3-14(6)2-8(9,10)11/h3H,2H2,1H3,(H,13,15)(H,16,17). The molecule has 1 aromatic heterocycles. The van der Waals surface area contributed by atoms with E-state index in [1.54, 1.807) is 0 Å². The fourth-order valence-electron chi connectivity index (χ4n) is 1.15. The van der Waals surface area contributed by atoms with Crippen LogP contribution in [0, 0.1) is 0 Å². The summed E-state index contributed by atoms with van der Waals surface area (Å²) in [7, 11) is 0. The molecule has 17 heavy (non-hydrogen) atoms. The predicted octanol–water partition coefficient (Wildman–Crippen LogP) is 1.10. The van der Waals surface area contributed by atoms with Crippen LogP contribution in [-0.2, 0) is 11.3 Å². The number of halogens is 3. The lowest BCUT2D eigenvalue weighted by molar-refractivity contribution is -0.140. The summed E-state index contributed by atoms with van der Waals surface area (Å²) in [6.07, 6.45) is -3.83. The maximum atomic E-state index is 12.2. The fraction of sp³-hybridized carbons (Fsp3) is 0.375. The molecule has 0 aromatic carbocycles. The highest BCUT2D eigenvalue weighted by Gasteiger charge is 2.30. The zero-order valence-electron chi connectivity index (χ0n) is 8.58. The number of carbonyl (C=O) groups excluding carboxylic acids is 1. The Kier molecular flexibility index (Phi) is 3.39. The number of aromatic nitrogens is 2. The predicted molar refractivity (Wildman–Crippen MR) is 49.5 cm³/mol.